The third-order valence-electron chi connectivity index (χ3n) is 1.56. The quantitative estimate of drug-likeness (QED) is 0.493. The van der Waals surface area contributed by atoms with Gasteiger partial charge in [0.25, 0.3) is 0 Å². The van der Waals surface area contributed by atoms with Crippen molar-refractivity contribution in [3.8, 4) is 0 Å². The first-order valence-electron chi connectivity index (χ1n) is 3.84. The van der Waals surface area contributed by atoms with Crippen molar-refractivity contribution in [2.75, 3.05) is 0 Å². The number of hydrogen-bond donors (Lipinski definition) is 3. The summed E-state index contributed by atoms with van der Waals surface area (Å²) >= 11 is 0. The number of carbonyl (C=O) groups excluding carboxylic acids is 2. The van der Waals surface area contributed by atoms with Crippen molar-refractivity contribution in [2.45, 2.75) is 32.4 Å². The summed E-state index contributed by atoms with van der Waals surface area (Å²) in [5, 5.41) is 2.39. The predicted octanol–water partition coefficient (Wildman–Crippen LogP) is -1.29. The maximum Gasteiger partial charge on any atom is 0.239 e. The minimum Gasteiger partial charge on any atom is -0.368 e. The topological polar surface area (TPSA) is 98.2 Å². The summed E-state index contributed by atoms with van der Waals surface area (Å²) in [4.78, 5) is 21.6. The average molecular weight is 173 g/mol. The summed E-state index contributed by atoms with van der Waals surface area (Å²) in [6, 6.07) is -1.22. The second-order valence-electron chi connectivity index (χ2n) is 2.65. The number of primary amides is 1. The zero-order valence-corrected chi connectivity index (χ0v) is 7.33. The number of hydrogen-bond acceptors (Lipinski definition) is 3. The lowest BCUT2D eigenvalue weighted by atomic mass is 10.2. The molecule has 0 saturated carbocycles. The van der Waals surface area contributed by atoms with Gasteiger partial charge in [-0.15, -0.1) is 0 Å². The molecule has 0 aromatic rings. The maximum absolute atomic E-state index is 11.0. The van der Waals surface area contributed by atoms with Crippen molar-refractivity contribution in [3.05, 3.63) is 0 Å². The van der Waals surface area contributed by atoms with Crippen LogP contribution in [0.25, 0.3) is 0 Å². The highest BCUT2D eigenvalue weighted by atomic mass is 16.2. The Morgan fingerprint density at radius 1 is 1.50 bits per heavy atom. The van der Waals surface area contributed by atoms with Crippen molar-refractivity contribution in [1.29, 1.82) is 0 Å². The Morgan fingerprint density at radius 2 is 2.00 bits per heavy atom. The molecular weight excluding hydrogens is 158 g/mol. The predicted molar refractivity (Wildman–Crippen MR) is 45.1 cm³/mol. The molecule has 5 nitrogen and oxygen atoms in total. The van der Waals surface area contributed by atoms with E-state index < -0.39 is 18.0 Å². The molecule has 1 unspecified atom stereocenters. The molecule has 12 heavy (non-hydrogen) atoms. The Morgan fingerprint density at radius 3 is 2.33 bits per heavy atom. The van der Waals surface area contributed by atoms with Gasteiger partial charge in [-0.2, -0.15) is 0 Å². The van der Waals surface area contributed by atoms with Crippen molar-refractivity contribution < 1.29 is 9.59 Å². The largest absolute Gasteiger partial charge is 0.368 e. The SMILES string of the molecule is CC[C@@H](N)C(=O)NC(C)C(N)=O. The van der Waals surface area contributed by atoms with Gasteiger partial charge in [0, 0.05) is 0 Å². The third-order valence-corrected chi connectivity index (χ3v) is 1.56. The van der Waals surface area contributed by atoms with E-state index in [9.17, 15) is 9.59 Å². The van der Waals surface area contributed by atoms with Crippen molar-refractivity contribution in [2.24, 2.45) is 11.5 Å². The van der Waals surface area contributed by atoms with E-state index in [4.69, 9.17) is 11.5 Å². The number of nitrogens with two attached hydrogens (primary N) is 2. The van der Waals surface area contributed by atoms with E-state index in [1.54, 1.807) is 6.92 Å². The maximum atomic E-state index is 11.0. The number of amides is 2. The zero-order chi connectivity index (χ0) is 9.72. The van der Waals surface area contributed by atoms with Gasteiger partial charge >= 0.3 is 0 Å². The molecule has 70 valence electrons. The van der Waals surface area contributed by atoms with E-state index in [0.29, 0.717) is 6.42 Å². The second-order valence-corrected chi connectivity index (χ2v) is 2.65. The highest BCUT2D eigenvalue weighted by molar-refractivity contribution is 5.88. The molecular formula is C7H15N3O2. The van der Waals surface area contributed by atoms with Crippen LogP contribution in [0.15, 0.2) is 0 Å². The van der Waals surface area contributed by atoms with E-state index in [0.717, 1.165) is 0 Å². The van der Waals surface area contributed by atoms with Crippen LogP contribution in [-0.2, 0) is 9.59 Å². The fraction of sp³-hybridized carbons (Fsp3) is 0.714. The molecule has 0 rings (SSSR count). The van der Waals surface area contributed by atoms with Gasteiger partial charge in [-0.05, 0) is 13.3 Å². The summed E-state index contributed by atoms with van der Waals surface area (Å²) in [5.41, 5.74) is 10.3. The fourth-order valence-electron chi connectivity index (χ4n) is 0.577. The summed E-state index contributed by atoms with van der Waals surface area (Å²) < 4.78 is 0. The van der Waals surface area contributed by atoms with Crippen molar-refractivity contribution in [1.82, 2.24) is 5.32 Å². The molecule has 0 aromatic carbocycles. The lowest BCUT2D eigenvalue weighted by Gasteiger charge is -2.13. The molecule has 0 aliphatic rings. The van der Waals surface area contributed by atoms with Gasteiger partial charge in [0.2, 0.25) is 11.8 Å². The van der Waals surface area contributed by atoms with Gasteiger partial charge in [-0.25, -0.2) is 0 Å². The lowest BCUT2D eigenvalue weighted by molar-refractivity contribution is -0.127. The van der Waals surface area contributed by atoms with Crippen LogP contribution in [-0.4, -0.2) is 23.9 Å². The van der Waals surface area contributed by atoms with Gasteiger partial charge in [-0.3, -0.25) is 9.59 Å². The molecule has 2 atom stereocenters. The molecule has 0 fully saturated rings. The Labute approximate surface area is 71.5 Å². The van der Waals surface area contributed by atoms with Crippen LogP contribution < -0.4 is 16.8 Å². The van der Waals surface area contributed by atoms with Crippen LogP contribution in [0.2, 0.25) is 0 Å². The van der Waals surface area contributed by atoms with Gasteiger partial charge in [0.1, 0.15) is 6.04 Å². The highest BCUT2D eigenvalue weighted by Gasteiger charge is 2.16. The molecule has 5 heteroatoms. The minimum absolute atomic E-state index is 0.344. The Balaban J connectivity index is 3.92. The number of rotatable bonds is 4. The highest BCUT2D eigenvalue weighted by Crippen LogP contribution is 1.87. The van der Waals surface area contributed by atoms with Gasteiger partial charge < -0.3 is 16.8 Å². The van der Waals surface area contributed by atoms with Crippen LogP contribution in [0.1, 0.15) is 20.3 Å². The molecule has 5 N–H and O–H groups in total. The fourth-order valence-corrected chi connectivity index (χ4v) is 0.577. The zero-order valence-electron chi connectivity index (χ0n) is 7.33. The summed E-state index contributed by atoms with van der Waals surface area (Å²) in [6.45, 7) is 3.31. The number of carbonyl (C=O) groups is 2. The average Bonchev–Trinajstić information content (AvgIpc) is 2.02. The lowest BCUT2D eigenvalue weighted by Crippen LogP contribution is -2.48. The molecule has 0 aromatic heterocycles. The first-order chi connectivity index (χ1) is 5.49. The first kappa shape index (κ1) is 10.9. The molecule has 0 aliphatic heterocycles. The summed E-state index contributed by atoms with van der Waals surface area (Å²) in [7, 11) is 0. The van der Waals surface area contributed by atoms with Crippen LogP contribution in [0, 0.1) is 0 Å². The standard InChI is InChI=1S/C7H15N3O2/c1-3-5(8)7(12)10-4(2)6(9)11/h4-5H,3,8H2,1-2H3,(H2,9,11)(H,10,12)/t4?,5-/m1/s1. The van der Waals surface area contributed by atoms with Crippen LogP contribution in [0.5, 0.6) is 0 Å². The van der Waals surface area contributed by atoms with E-state index in [1.807, 2.05) is 0 Å². The van der Waals surface area contributed by atoms with Gasteiger partial charge in [0.05, 0.1) is 6.04 Å². The number of nitrogens with one attached hydrogen (secondary N) is 1. The molecule has 0 heterocycles. The van der Waals surface area contributed by atoms with Gasteiger partial charge in [-0.1, -0.05) is 6.92 Å². The smallest absolute Gasteiger partial charge is 0.239 e. The molecule has 0 saturated heterocycles. The minimum atomic E-state index is -0.657. The Kier molecular flexibility index (Phi) is 4.28. The third kappa shape index (κ3) is 3.34. The monoisotopic (exact) mass is 173 g/mol. The summed E-state index contributed by atoms with van der Waals surface area (Å²) in [5.74, 6) is -0.907. The molecule has 2 amide bonds. The van der Waals surface area contributed by atoms with Crippen LogP contribution in [0.3, 0.4) is 0 Å². The molecule has 0 radical (unpaired) electrons. The van der Waals surface area contributed by atoms with Crippen molar-refractivity contribution in [3.63, 3.8) is 0 Å². The second kappa shape index (κ2) is 4.71. The molecule has 0 aliphatic carbocycles. The Bertz CT molecular complexity index is 181. The van der Waals surface area contributed by atoms with E-state index in [2.05, 4.69) is 5.32 Å². The van der Waals surface area contributed by atoms with Gasteiger partial charge in [0.15, 0.2) is 0 Å². The summed E-state index contributed by atoms with van der Waals surface area (Å²) in [6.07, 6.45) is 0.539. The van der Waals surface area contributed by atoms with Crippen LogP contribution in [0.4, 0.5) is 0 Å². The van der Waals surface area contributed by atoms with E-state index in [-0.39, 0.29) is 5.91 Å². The molecule has 0 bridgehead atoms. The molecule has 0 spiro atoms. The van der Waals surface area contributed by atoms with Crippen molar-refractivity contribution >= 4 is 11.8 Å². The van der Waals surface area contributed by atoms with E-state index >= 15 is 0 Å². The Hall–Kier alpha value is -1.10. The normalized spacial score (nSPS) is 14.9. The first-order valence-corrected chi connectivity index (χ1v) is 3.84. The van der Waals surface area contributed by atoms with E-state index in [1.165, 1.54) is 6.92 Å². The van der Waals surface area contributed by atoms with Crippen LogP contribution >= 0.6 is 0 Å².